The first-order valence-corrected chi connectivity index (χ1v) is 22.0. The van der Waals surface area contributed by atoms with Crippen LogP contribution >= 0.6 is 0 Å². The van der Waals surface area contributed by atoms with Crippen molar-refractivity contribution < 1.29 is 32.4 Å². The molecule has 4 rings (SSSR count). The van der Waals surface area contributed by atoms with Gasteiger partial charge in [-0.25, -0.2) is 13.2 Å². The third kappa shape index (κ3) is 10.4. The van der Waals surface area contributed by atoms with E-state index in [4.69, 9.17) is 6.42 Å². The average molecular weight is 774 g/mol. The Balaban J connectivity index is 1.64. The molecule has 0 spiro atoms. The summed E-state index contributed by atoms with van der Waals surface area (Å²) in [5, 5.41) is 11.5. The lowest BCUT2D eigenvalue weighted by atomic mass is 9.68. The predicted octanol–water partition coefficient (Wildman–Crippen LogP) is 4.80. The van der Waals surface area contributed by atoms with Crippen LogP contribution in [0, 0.1) is 35.0 Å². The summed E-state index contributed by atoms with van der Waals surface area (Å²) in [5.74, 6) is -0.153. The van der Waals surface area contributed by atoms with Crippen LogP contribution in [0.3, 0.4) is 0 Å². The molecule has 54 heavy (non-hydrogen) atoms. The van der Waals surface area contributed by atoms with E-state index in [0.29, 0.717) is 44.9 Å². The van der Waals surface area contributed by atoms with Crippen LogP contribution < -0.4 is 21.3 Å². The molecule has 1 heterocycles. The lowest BCUT2D eigenvalue weighted by molar-refractivity contribution is -0.152. The van der Waals surface area contributed by atoms with E-state index >= 15 is 4.79 Å². The maximum Gasteiger partial charge on any atom is 0.315 e. The lowest BCUT2D eigenvalue weighted by Crippen LogP contribution is -2.67. The molecule has 4 atom stereocenters. The van der Waals surface area contributed by atoms with E-state index in [1.165, 1.54) is 0 Å². The van der Waals surface area contributed by atoms with E-state index in [2.05, 4.69) is 41.0 Å². The van der Waals surface area contributed by atoms with Gasteiger partial charge in [0.1, 0.15) is 12.1 Å². The fourth-order valence-electron chi connectivity index (χ4n) is 8.59. The summed E-state index contributed by atoms with van der Waals surface area (Å²) in [7, 11) is -3.59. The zero-order valence-corrected chi connectivity index (χ0v) is 34.7. The fraction of sp³-hybridized carbons (Fsp3) is 0.829. The number of rotatable bonds is 15. The van der Waals surface area contributed by atoms with Crippen molar-refractivity contribution in [3.63, 3.8) is 0 Å². The van der Waals surface area contributed by atoms with E-state index in [1.54, 1.807) is 18.7 Å². The summed E-state index contributed by atoms with van der Waals surface area (Å²) in [6.45, 7) is 13.6. The van der Waals surface area contributed by atoms with Crippen LogP contribution in [0.15, 0.2) is 0 Å². The number of carbonyl (C=O) groups excluding carboxylic acids is 5. The summed E-state index contributed by atoms with van der Waals surface area (Å²) in [6, 6.07) is -3.56. The Kier molecular flexibility index (Phi) is 14.0. The van der Waals surface area contributed by atoms with Crippen molar-refractivity contribution in [1.82, 2.24) is 26.2 Å². The molecule has 5 amide bonds. The number of Topliss-reactive ketones (excluding diaryl/α,β-unsaturated/α-hetero) is 1. The minimum absolute atomic E-state index is 0.00945. The number of hydrogen-bond donors (Lipinski definition) is 4. The van der Waals surface area contributed by atoms with Gasteiger partial charge in [-0.15, -0.1) is 6.42 Å². The maximum atomic E-state index is 15.1. The van der Waals surface area contributed by atoms with Crippen LogP contribution in [0.2, 0.25) is 0 Å². The number of nitrogens with zero attached hydrogens (tertiary/aromatic N) is 1. The van der Waals surface area contributed by atoms with E-state index in [-0.39, 0.29) is 42.0 Å². The second-order valence-corrected chi connectivity index (χ2v) is 21.2. The van der Waals surface area contributed by atoms with Crippen molar-refractivity contribution in [1.29, 1.82) is 0 Å². The second-order valence-electron chi connectivity index (χ2n) is 18.6. The number of ketones is 1. The number of piperidine rings is 1. The zero-order valence-electron chi connectivity index (χ0n) is 33.9. The highest BCUT2D eigenvalue weighted by Crippen LogP contribution is 2.43. The van der Waals surface area contributed by atoms with E-state index in [9.17, 15) is 27.6 Å². The third-order valence-corrected chi connectivity index (χ3v) is 16.4. The molecule has 13 heteroatoms. The minimum Gasteiger partial charge on any atom is -0.344 e. The van der Waals surface area contributed by atoms with Gasteiger partial charge < -0.3 is 26.2 Å². The van der Waals surface area contributed by atoms with Crippen molar-refractivity contribution >= 4 is 39.4 Å². The first kappa shape index (κ1) is 43.6. The normalized spacial score (nSPS) is 24.9. The number of terminal acetylenes is 1. The van der Waals surface area contributed by atoms with Gasteiger partial charge in [0.05, 0.1) is 28.6 Å². The second kappa shape index (κ2) is 17.3. The molecule has 4 fully saturated rings. The Bertz CT molecular complexity index is 1550. The Hall–Kier alpha value is -3.14. The van der Waals surface area contributed by atoms with Crippen molar-refractivity contribution in [2.24, 2.45) is 22.7 Å². The monoisotopic (exact) mass is 773 g/mol. The largest absolute Gasteiger partial charge is 0.344 e. The Morgan fingerprint density at radius 2 is 1.52 bits per heavy atom. The standard InChI is InChI=1S/C41H67N5O7S/c1-9-23-42-35(49)32(47)30(24-29-17-18-29)43-34(48)31-25-38(4,5)28(3)26-46(31)36(50)33(40(8)19-13-11-14-20-40)44-37(51)45-41(21-15-12-16-22-41)27-54(52,53)39(6,7)10-2/h1,28-31,33H,10-27H2,2-8H3,(H,42,49)(H,43,48)(H2,44,45,51)/t28?,30?,31-,33+/m0/s1. The highest BCUT2D eigenvalue weighted by molar-refractivity contribution is 7.92. The number of nitrogens with one attached hydrogen (secondary N) is 4. The van der Waals surface area contributed by atoms with Crippen molar-refractivity contribution in [3.05, 3.63) is 0 Å². The third-order valence-electron chi connectivity index (χ3n) is 13.5. The molecule has 4 aliphatic rings. The number of carbonyl (C=O) groups is 5. The predicted molar refractivity (Wildman–Crippen MR) is 210 cm³/mol. The topological polar surface area (TPSA) is 171 Å². The van der Waals surface area contributed by atoms with Crippen molar-refractivity contribution in [2.75, 3.05) is 18.8 Å². The molecule has 2 unspecified atom stereocenters. The summed E-state index contributed by atoms with van der Waals surface area (Å²) in [6.07, 6.45) is 16.0. The van der Waals surface area contributed by atoms with Crippen LogP contribution in [0.5, 0.6) is 0 Å². The molecule has 0 bridgehead atoms. The van der Waals surface area contributed by atoms with Gasteiger partial charge in [0.2, 0.25) is 17.6 Å². The van der Waals surface area contributed by atoms with Gasteiger partial charge in [-0.2, -0.15) is 0 Å². The van der Waals surface area contributed by atoms with Crippen LogP contribution in [-0.4, -0.2) is 90.1 Å². The van der Waals surface area contributed by atoms with Crippen molar-refractivity contribution in [2.45, 2.75) is 173 Å². The van der Waals surface area contributed by atoms with E-state index in [1.807, 2.05) is 20.8 Å². The first-order chi connectivity index (χ1) is 25.2. The molecule has 0 aromatic rings. The quantitative estimate of drug-likeness (QED) is 0.137. The Morgan fingerprint density at radius 1 is 0.926 bits per heavy atom. The van der Waals surface area contributed by atoms with Gasteiger partial charge in [-0.05, 0) is 81.5 Å². The minimum atomic E-state index is -3.59. The summed E-state index contributed by atoms with van der Waals surface area (Å²) >= 11 is 0. The smallest absolute Gasteiger partial charge is 0.315 e. The molecule has 0 radical (unpaired) electrons. The molecular formula is C41H67N5O7S. The summed E-state index contributed by atoms with van der Waals surface area (Å²) in [5.41, 5.74) is -1.91. The highest BCUT2D eigenvalue weighted by atomic mass is 32.2. The highest BCUT2D eigenvalue weighted by Gasteiger charge is 2.51. The van der Waals surface area contributed by atoms with Gasteiger partial charge in [0.25, 0.3) is 5.91 Å². The molecule has 3 saturated carbocycles. The molecule has 3 aliphatic carbocycles. The van der Waals surface area contributed by atoms with Crippen LogP contribution in [0.1, 0.15) is 145 Å². The summed E-state index contributed by atoms with van der Waals surface area (Å²) in [4.78, 5) is 71.1. The first-order valence-electron chi connectivity index (χ1n) is 20.4. The molecule has 4 N–H and O–H groups in total. The number of amides is 5. The molecule has 1 aliphatic heterocycles. The van der Waals surface area contributed by atoms with Crippen LogP contribution in [0.4, 0.5) is 4.79 Å². The van der Waals surface area contributed by atoms with Gasteiger partial charge in [-0.3, -0.25) is 19.2 Å². The SMILES string of the molecule is C#CCNC(=O)C(=O)C(CC1CC1)NC(=O)[C@@H]1CC(C)(C)C(C)CN1C(=O)[C@@H](NC(=O)NC1(CS(=O)(=O)C(C)(C)CC)CCCCC1)C1(C)CCCCC1. The van der Waals surface area contributed by atoms with Gasteiger partial charge in [0, 0.05) is 6.54 Å². The maximum absolute atomic E-state index is 15.1. The number of sulfone groups is 1. The summed E-state index contributed by atoms with van der Waals surface area (Å²) < 4.78 is 26.4. The Morgan fingerprint density at radius 3 is 2.07 bits per heavy atom. The number of urea groups is 1. The van der Waals surface area contributed by atoms with Gasteiger partial charge in [0.15, 0.2) is 9.84 Å². The average Bonchev–Trinajstić information content (AvgIpc) is 3.94. The molecule has 12 nitrogen and oxygen atoms in total. The Labute approximate surface area is 324 Å². The molecular weight excluding hydrogens is 707 g/mol. The molecule has 1 saturated heterocycles. The van der Waals surface area contributed by atoms with Gasteiger partial charge in [-0.1, -0.05) is 91.9 Å². The fourth-order valence-corrected chi connectivity index (χ4v) is 10.5. The van der Waals surface area contributed by atoms with E-state index < -0.39 is 67.3 Å². The van der Waals surface area contributed by atoms with E-state index in [0.717, 1.165) is 51.4 Å². The van der Waals surface area contributed by atoms with Crippen molar-refractivity contribution in [3.8, 4) is 12.3 Å². The van der Waals surface area contributed by atoms with Gasteiger partial charge >= 0.3 is 6.03 Å². The molecule has 0 aromatic carbocycles. The molecule has 0 aromatic heterocycles. The molecule has 304 valence electrons. The van der Waals surface area contributed by atoms with Crippen LogP contribution in [-0.2, 0) is 29.0 Å². The lowest BCUT2D eigenvalue weighted by Gasteiger charge is -2.50. The number of hydrogen-bond acceptors (Lipinski definition) is 7. The zero-order chi connectivity index (χ0) is 40.1. The van der Waals surface area contributed by atoms with Crippen LogP contribution in [0.25, 0.3) is 0 Å². The number of likely N-dealkylation sites (tertiary alicyclic amines) is 1.